The van der Waals surface area contributed by atoms with Crippen molar-refractivity contribution in [3.05, 3.63) is 28.2 Å². The van der Waals surface area contributed by atoms with Crippen LogP contribution in [0.4, 0.5) is 10.8 Å². The van der Waals surface area contributed by atoms with Gasteiger partial charge < -0.3 is 19.9 Å². The first-order valence-corrected chi connectivity index (χ1v) is 9.22. The molecule has 3 rings (SSSR count). The van der Waals surface area contributed by atoms with E-state index in [1.807, 2.05) is 29.2 Å². The lowest BCUT2D eigenvalue weighted by Gasteiger charge is -2.21. The number of anilines is 2. The number of carbonyl (C=O) groups excluding carboxylic acids is 1. The molecule has 140 valence electrons. The molecule has 0 bridgehead atoms. The van der Waals surface area contributed by atoms with Crippen LogP contribution in [0.1, 0.15) is 6.42 Å². The van der Waals surface area contributed by atoms with Crippen LogP contribution in [-0.4, -0.2) is 58.7 Å². The smallest absolute Gasteiger partial charge is 0.323 e. The lowest BCUT2D eigenvalue weighted by atomic mass is 10.2. The number of nitrogens with zero attached hydrogens (tertiary/aromatic N) is 3. The quantitative estimate of drug-likeness (QED) is 0.566. The van der Waals surface area contributed by atoms with Crippen LogP contribution >= 0.6 is 23.6 Å². The van der Waals surface area contributed by atoms with E-state index in [2.05, 4.69) is 10.4 Å². The predicted octanol–water partition coefficient (Wildman–Crippen LogP) is 1.99. The number of esters is 1. The number of aromatic nitrogens is 2. The average molecular weight is 396 g/mol. The summed E-state index contributed by atoms with van der Waals surface area (Å²) in [5.74, 6) is 0.337. The molecule has 0 amide bonds. The van der Waals surface area contributed by atoms with Crippen molar-refractivity contribution in [1.29, 1.82) is 0 Å². The summed E-state index contributed by atoms with van der Waals surface area (Å²) in [6, 6.07) is 7.02. The highest BCUT2D eigenvalue weighted by Gasteiger charge is 2.37. The first-order valence-electron chi connectivity index (χ1n) is 7.99. The highest BCUT2D eigenvalue weighted by Crippen LogP contribution is 2.29. The Balaban J connectivity index is 1.76. The SMILES string of the molecule is COC(=O)[C@@H]1C[C@H](O)CN1Cn1nc(Nc2ccccc2OC)sc1=S. The number of methoxy groups -OCH3 is 2. The number of nitrogens with one attached hydrogen (secondary N) is 1. The number of β-amino-alcohol motifs (C(OH)–C–C–N with tert-alkyl or cyclic N) is 1. The Bertz CT molecular complexity index is 838. The van der Waals surface area contributed by atoms with Gasteiger partial charge >= 0.3 is 5.97 Å². The molecule has 0 unspecified atom stereocenters. The van der Waals surface area contributed by atoms with Gasteiger partial charge in [-0.05, 0) is 24.4 Å². The third-order valence-corrected chi connectivity index (χ3v) is 5.35. The molecule has 1 fully saturated rings. The fourth-order valence-corrected chi connectivity index (χ4v) is 3.90. The summed E-state index contributed by atoms with van der Waals surface area (Å²) in [6.07, 6.45) is -0.228. The molecule has 0 saturated carbocycles. The minimum atomic E-state index is -0.571. The molecule has 1 saturated heterocycles. The van der Waals surface area contributed by atoms with Gasteiger partial charge in [0.1, 0.15) is 11.8 Å². The van der Waals surface area contributed by atoms with Crippen LogP contribution in [-0.2, 0) is 16.2 Å². The molecule has 8 nitrogen and oxygen atoms in total. The van der Waals surface area contributed by atoms with E-state index < -0.39 is 12.1 Å². The van der Waals surface area contributed by atoms with Gasteiger partial charge in [0.05, 0.1) is 32.7 Å². The van der Waals surface area contributed by atoms with Crippen molar-refractivity contribution in [1.82, 2.24) is 14.7 Å². The molecule has 0 aliphatic carbocycles. The van der Waals surface area contributed by atoms with Gasteiger partial charge in [0, 0.05) is 13.0 Å². The molecule has 1 aromatic heterocycles. The second-order valence-electron chi connectivity index (χ2n) is 5.84. The number of para-hydroxylation sites is 2. The van der Waals surface area contributed by atoms with Gasteiger partial charge in [-0.25, -0.2) is 4.68 Å². The van der Waals surface area contributed by atoms with Crippen LogP contribution in [0.25, 0.3) is 0 Å². The molecular formula is C16H20N4O4S2. The van der Waals surface area contributed by atoms with Crippen LogP contribution in [0.5, 0.6) is 5.75 Å². The van der Waals surface area contributed by atoms with Crippen molar-refractivity contribution in [3.63, 3.8) is 0 Å². The van der Waals surface area contributed by atoms with Crippen molar-refractivity contribution in [2.75, 3.05) is 26.1 Å². The maximum Gasteiger partial charge on any atom is 0.323 e. The molecular weight excluding hydrogens is 376 g/mol. The lowest BCUT2D eigenvalue weighted by molar-refractivity contribution is -0.146. The van der Waals surface area contributed by atoms with E-state index in [-0.39, 0.29) is 5.97 Å². The molecule has 2 atom stereocenters. The Morgan fingerprint density at radius 2 is 2.23 bits per heavy atom. The zero-order valence-corrected chi connectivity index (χ0v) is 16.0. The Labute approximate surface area is 160 Å². The lowest BCUT2D eigenvalue weighted by Crippen LogP contribution is -2.38. The monoisotopic (exact) mass is 396 g/mol. The molecule has 10 heteroatoms. The second kappa shape index (κ2) is 8.12. The second-order valence-corrected chi connectivity index (χ2v) is 7.46. The molecule has 0 radical (unpaired) electrons. The molecule has 1 aliphatic rings. The van der Waals surface area contributed by atoms with Crippen LogP contribution in [0.15, 0.2) is 24.3 Å². The van der Waals surface area contributed by atoms with E-state index in [0.717, 1.165) is 5.69 Å². The topological polar surface area (TPSA) is 88.9 Å². The van der Waals surface area contributed by atoms with E-state index in [1.165, 1.54) is 18.4 Å². The number of rotatable bonds is 6. The van der Waals surface area contributed by atoms with Gasteiger partial charge in [-0.15, -0.1) is 5.10 Å². The molecule has 1 aromatic carbocycles. The largest absolute Gasteiger partial charge is 0.495 e. The number of aliphatic hydroxyl groups excluding tert-OH is 1. The Morgan fingerprint density at radius 3 is 2.96 bits per heavy atom. The first kappa shape index (κ1) is 18.8. The van der Waals surface area contributed by atoms with E-state index in [9.17, 15) is 9.90 Å². The normalized spacial score (nSPS) is 20.1. The molecule has 26 heavy (non-hydrogen) atoms. The van der Waals surface area contributed by atoms with Gasteiger partial charge in [-0.3, -0.25) is 9.69 Å². The highest BCUT2D eigenvalue weighted by molar-refractivity contribution is 7.73. The van der Waals surface area contributed by atoms with E-state index in [1.54, 1.807) is 11.8 Å². The maximum atomic E-state index is 11.9. The number of benzene rings is 1. The predicted molar refractivity (Wildman–Crippen MR) is 100 cm³/mol. The van der Waals surface area contributed by atoms with Gasteiger partial charge in [-0.2, -0.15) is 0 Å². The van der Waals surface area contributed by atoms with Crippen LogP contribution in [0.2, 0.25) is 0 Å². The van der Waals surface area contributed by atoms with Gasteiger partial charge in [0.2, 0.25) is 5.13 Å². The summed E-state index contributed by atoms with van der Waals surface area (Å²) in [7, 11) is 2.95. The van der Waals surface area contributed by atoms with Crippen molar-refractivity contribution in [2.45, 2.75) is 25.2 Å². The molecule has 2 N–H and O–H groups in total. The number of aliphatic hydroxyl groups is 1. The average Bonchev–Trinajstić information content (AvgIpc) is 3.17. The fraction of sp³-hybridized carbons (Fsp3) is 0.438. The van der Waals surface area contributed by atoms with Crippen molar-refractivity contribution < 1.29 is 19.4 Å². The summed E-state index contributed by atoms with van der Waals surface area (Å²) < 4.78 is 12.3. The molecule has 0 spiro atoms. The number of hydrogen-bond donors (Lipinski definition) is 2. The van der Waals surface area contributed by atoms with Crippen LogP contribution in [0, 0.1) is 3.95 Å². The Kier molecular flexibility index (Phi) is 5.87. The fourth-order valence-electron chi connectivity index (χ4n) is 2.90. The van der Waals surface area contributed by atoms with E-state index in [0.29, 0.717) is 34.5 Å². The Morgan fingerprint density at radius 1 is 1.46 bits per heavy atom. The van der Waals surface area contributed by atoms with Crippen LogP contribution in [0.3, 0.4) is 0 Å². The standard InChI is InChI=1S/C16H20N4O4S2/c1-23-13-6-4-3-5-11(13)17-15-18-20(16(25)26-15)9-19-8-10(21)7-12(19)14(22)24-2/h3-6,10,12,21H,7-9H2,1-2H3,(H,17,18)/t10-,12-/m0/s1. The summed E-state index contributed by atoms with van der Waals surface area (Å²) in [5, 5.41) is 18.2. The zero-order valence-electron chi connectivity index (χ0n) is 14.4. The van der Waals surface area contributed by atoms with Crippen molar-refractivity contribution in [3.8, 4) is 5.75 Å². The summed E-state index contributed by atoms with van der Waals surface area (Å²) >= 11 is 6.71. The number of ether oxygens (including phenoxy) is 2. The number of carbonyl (C=O) groups is 1. The third kappa shape index (κ3) is 4.04. The highest BCUT2D eigenvalue weighted by atomic mass is 32.1. The van der Waals surface area contributed by atoms with Crippen molar-refractivity contribution >= 4 is 40.3 Å². The summed E-state index contributed by atoms with van der Waals surface area (Å²) in [5.41, 5.74) is 0.787. The zero-order chi connectivity index (χ0) is 18.7. The summed E-state index contributed by atoms with van der Waals surface area (Å²) in [6.45, 7) is 0.675. The number of hydrogen-bond acceptors (Lipinski definition) is 9. The Hall–Kier alpha value is -2.01. The number of likely N-dealkylation sites (tertiary alicyclic amines) is 1. The third-order valence-electron chi connectivity index (χ3n) is 4.13. The summed E-state index contributed by atoms with van der Waals surface area (Å²) in [4.78, 5) is 13.7. The van der Waals surface area contributed by atoms with E-state index >= 15 is 0 Å². The molecule has 2 heterocycles. The molecule has 1 aliphatic heterocycles. The van der Waals surface area contributed by atoms with Gasteiger partial charge in [-0.1, -0.05) is 23.5 Å². The maximum absolute atomic E-state index is 11.9. The van der Waals surface area contributed by atoms with Gasteiger partial charge in [0.25, 0.3) is 0 Å². The van der Waals surface area contributed by atoms with E-state index in [4.69, 9.17) is 21.7 Å². The van der Waals surface area contributed by atoms with Crippen molar-refractivity contribution in [2.24, 2.45) is 0 Å². The van der Waals surface area contributed by atoms with Gasteiger partial charge in [0.15, 0.2) is 3.95 Å². The minimum Gasteiger partial charge on any atom is -0.495 e. The minimum absolute atomic E-state index is 0.305. The van der Waals surface area contributed by atoms with Crippen LogP contribution < -0.4 is 10.1 Å². The molecule has 2 aromatic rings. The first-order chi connectivity index (χ1) is 12.5.